The van der Waals surface area contributed by atoms with E-state index in [1.165, 1.54) is 12.0 Å². The standard InChI is InChI=1S/C23H23N3O4/c1-30-12-11-26-20(27)18-17(13-14-7-3-2-4-8-14)25-23(19(18)21(26)28)15-9-5-6-10-16(15)24-22(23)29/h2-10,17-19,25H,11-13H2,1H3,(H,24,29)/t17-,18-,19+,23-/m1/s1. The minimum absolute atomic E-state index is 0.193. The summed E-state index contributed by atoms with van der Waals surface area (Å²) in [5.74, 6) is -2.20. The van der Waals surface area contributed by atoms with E-state index in [0.717, 1.165) is 11.1 Å². The highest BCUT2D eigenvalue weighted by atomic mass is 16.5. The van der Waals surface area contributed by atoms with Crippen molar-refractivity contribution in [1.82, 2.24) is 10.2 Å². The van der Waals surface area contributed by atoms with Crippen molar-refractivity contribution in [2.24, 2.45) is 11.8 Å². The lowest BCUT2D eigenvalue weighted by atomic mass is 9.76. The van der Waals surface area contributed by atoms with Gasteiger partial charge in [0.15, 0.2) is 0 Å². The second-order valence-electron chi connectivity index (χ2n) is 8.07. The van der Waals surface area contributed by atoms with Gasteiger partial charge in [-0.15, -0.1) is 0 Å². The average molecular weight is 405 g/mol. The van der Waals surface area contributed by atoms with Gasteiger partial charge >= 0.3 is 0 Å². The van der Waals surface area contributed by atoms with E-state index in [1.54, 1.807) is 0 Å². The van der Waals surface area contributed by atoms with E-state index in [-0.39, 0.29) is 36.9 Å². The molecule has 0 aromatic heterocycles. The molecular formula is C23H23N3O4. The first-order valence-corrected chi connectivity index (χ1v) is 10.1. The number of para-hydroxylation sites is 1. The van der Waals surface area contributed by atoms with E-state index in [2.05, 4.69) is 10.6 Å². The van der Waals surface area contributed by atoms with Gasteiger partial charge in [0.25, 0.3) is 0 Å². The zero-order valence-corrected chi connectivity index (χ0v) is 16.6. The van der Waals surface area contributed by atoms with Gasteiger partial charge < -0.3 is 10.1 Å². The predicted octanol–water partition coefficient (Wildman–Crippen LogP) is 1.30. The molecular weight excluding hydrogens is 382 g/mol. The Morgan fingerprint density at radius 2 is 1.73 bits per heavy atom. The Morgan fingerprint density at radius 1 is 1.00 bits per heavy atom. The van der Waals surface area contributed by atoms with Gasteiger partial charge in [0.05, 0.1) is 25.0 Å². The van der Waals surface area contributed by atoms with Crippen LogP contribution in [0.25, 0.3) is 0 Å². The number of amides is 3. The molecule has 4 atom stereocenters. The molecule has 2 fully saturated rings. The second-order valence-corrected chi connectivity index (χ2v) is 8.07. The number of nitrogens with zero attached hydrogens (tertiary/aromatic N) is 1. The number of hydrogen-bond donors (Lipinski definition) is 2. The molecule has 30 heavy (non-hydrogen) atoms. The van der Waals surface area contributed by atoms with Gasteiger partial charge in [0.2, 0.25) is 17.7 Å². The molecule has 0 aliphatic carbocycles. The third kappa shape index (κ3) is 2.55. The number of anilines is 1. The largest absolute Gasteiger partial charge is 0.383 e. The second kappa shape index (κ2) is 7.04. The summed E-state index contributed by atoms with van der Waals surface area (Å²) in [6.45, 7) is 0.460. The molecule has 0 unspecified atom stereocenters. The molecule has 0 radical (unpaired) electrons. The third-order valence-electron chi connectivity index (χ3n) is 6.53. The van der Waals surface area contributed by atoms with E-state index in [9.17, 15) is 14.4 Å². The van der Waals surface area contributed by atoms with Gasteiger partial charge in [-0.25, -0.2) is 0 Å². The predicted molar refractivity (Wildman–Crippen MR) is 109 cm³/mol. The highest BCUT2D eigenvalue weighted by molar-refractivity contribution is 6.15. The summed E-state index contributed by atoms with van der Waals surface area (Å²) in [5, 5.41) is 6.36. The maximum Gasteiger partial charge on any atom is 0.250 e. The molecule has 154 valence electrons. The van der Waals surface area contributed by atoms with E-state index < -0.39 is 17.4 Å². The Kier molecular flexibility index (Phi) is 4.45. The van der Waals surface area contributed by atoms with Crippen LogP contribution in [0.15, 0.2) is 54.6 Å². The number of methoxy groups -OCH3 is 1. The fraction of sp³-hybridized carbons (Fsp3) is 0.348. The monoisotopic (exact) mass is 405 g/mol. The average Bonchev–Trinajstić information content (AvgIpc) is 3.33. The Hall–Kier alpha value is -3.03. The lowest BCUT2D eigenvalue weighted by molar-refractivity contribution is -0.143. The maximum atomic E-state index is 13.4. The van der Waals surface area contributed by atoms with Crippen molar-refractivity contribution < 1.29 is 19.1 Å². The number of imide groups is 1. The molecule has 3 heterocycles. The van der Waals surface area contributed by atoms with Crippen LogP contribution in [-0.4, -0.2) is 48.9 Å². The molecule has 3 aliphatic heterocycles. The van der Waals surface area contributed by atoms with Crippen LogP contribution in [0.5, 0.6) is 0 Å². The first-order valence-electron chi connectivity index (χ1n) is 10.1. The summed E-state index contributed by atoms with van der Waals surface area (Å²) in [7, 11) is 1.54. The van der Waals surface area contributed by atoms with Crippen molar-refractivity contribution in [2.75, 3.05) is 25.6 Å². The summed E-state index contributed by atoms with van der Waals surface area (Å²) >= 11 is 0. The zero-order chi connectivity index (χ0) is 20.9. The highest BCUT2D eigenvalue weighted by Gasteiger charge is 2.70. The number of carbonyl (C=O) groups is 3. The van der Waals surface area contributed by atoms with Gasteiger partial charge in [0.1, 0.15) is 5.54 Å². The molecule has 3 aliphatic rings. The number of fused-ring (bicyclic) bond motifs is 4. The minimum atomic E-state index is -1.24. The van der Waals surface area contributed by atoms with E-state index in [4.69, 9.17) is 4.74 Å². The van der Waals surface area contributed by atoms with Crippen LogP contribution in [-0.2, 0) is 31.1 Å². The number of nitrogens with one attached hydrogen (secondary N) is 2. The number of benzene rings is 2. The summed E-state index contributed by atoms with van der Waals surface area (Å²) in [4.78, 5) is 41.3. The molecule has 1 spiro atoms. The highest BCUT2D eigenvalue weighted by Crippen LogP contribution is 2.53. The van der Waals surface area contributed by atoms with Crippen molar-refractivity contribution in [3.63, 3.8) is 0 Å². The lowest BCUT2D eigenvalue weighted by Crippen LogP contribution is -2.53. The van der Waals surface area contributed by atoms with Crippen molar-refractivity contribution in [3.05, 3.63) is 65.7 Å². The van der Waals surface area contributed by atoms with E-state index in [1.807, 2.05) is 54.6 Å². The number of carbonyl (C=O) groups excluding carboxylic acids is 3. The number of ether oxygens (including phenoxy) is 1. The lowest BCUT2D eigenvalue weighted by Gasteiger charge is -2.29. The van der Waals surface area contributed by atoms with Gasteiger partial charge in [-0.2, -0.15) is 0 Å². The fourth-order valence-corrected chi connectivity index (χ4v) is 5.26. The molecule has 3 amide bonds. The van der Waals surface area contributed by atoms with Crippen molar-refractivity contribution in [2.45, 2.75) is 18.0 Å². The summed E-state index contributed by atoms with van der Waals surface area (Å²) in [6, 6.07) is 16.9. The number of rotatable bonds is 5. The number of hydrogen-bond acceptors (Lipinski definition) is 5. The quantitative estimate of drug-likeness (QED) is 0.732. The Bertz CT molecular complexity index is 1020. The SMILES string of the molecule is COCCN1C(=O)[C@H]2[C@@H](C1=O)[C@@]1(N[C@@H]2Cc2ccccc2)C(=O)Nc2ccccc21. The van der Waals surface area contributed by atoms with Crippen LogP contribution in [0.2, 0.25) is 0 Å². The summed E-state index contributed by atoms with van der Waals surface area (Å²) in [5.41, 5.74) is 1.23. The van der Waals surface area contributed by atoms with Crippen molar-refractivity contribution in [3.8, 4) is 0 Å². The molecule has 5 rings (SSSR count). The van der Waals surface area contributed by atoms with Gasteiger partial charge in [-0.05, 0) is 18.1 Å². The maximum absolute atomic E-state index is 13.4. The molecule has 7 nitrogen and oxygen atoms in total. The normalized spacial score (nSPS) is 29.4. The topological polar surface area (TPSA) is 87.7 Å². The van der Waals surface area contributed by atoms with Crippen LogP contribution in [0.4, 0.5) is 5.69 Å². The first-order chi connectivity index (χ1) is 14.6. The number of likely N-dealkylation sites (tertiary alicyclic amines) is 1. The van der Waals surface area contributed by atoms with E-state index in [0.29, 0.717) is 12.1 Å². The molecule has 7 heteroatoms. The van der Waals surface area contributed by atoms with Gasteiger partial charge in [-0.3, -0.25) is 24.6 Å². The van der Waals surface area contributed by atoms with Crippen LogP contribution in [0.1, 0.15) is 11.1 Å². The van der Waals surface area contributed by atoms with Crippen LogP contribution < -0.4 is 10.6 Å². The van der Waals surface area contributed by atoms with Crippen molar-refractivity contribution in [1.29, 1.82) is 0 Å². The molecule has 2 aromatic rings. The molecule has 2 saturated heterocycles. The molecule has 0 bridgehead atoms. The van der Waals surface area contributed by atoms with Crippen LogP contribution >= 0.6 is 0 Å². The minimum Gasteiger partial charge on any atom is -0.383 e. The van der Waals surface area contributed by atoms with Crippen LogP contribution in [0.3, 0.4) is 0 Å². The van der Waals surface area contributed by atoms with Crippen molar-refractivity contribution >= 4 is 23.4 Å². The van der Waals surface area contributed by atoms with Gasteiger partial charge in [-0.1, -0.05) is 48.5 Å². The zero-order valence-electron chi connectivity index (χ0n) is 16.6. The Labute approximate surface area is 174 Å². The first kappa shape index (κ1) is 19.0. The smallest absolute Gasteiger partial charge is 0.250 e. The third-order valence-corrected chi connectivity index (χ3v) is 6.53. The molecule has 2 N–H and O–H groups in total. The van der Waals surface area contributed by atoms with Crippen LogP contribution in [0, 0.1) is 11.8 Å². The van der Waals surface area contributed by atoms with E-state index >= 15 is 0 Å². The Morgan fingerprint density at radius 3 is 2.50 bits per heavy atom. The van der Waals surface area contributed by atoms with Gasteiger partial charge in [0, 0.05) is 24.4 Å². The molecule has 2 aromatic carbocycles. The summed E-state index contributed by atoms with van der Waals surface area (Å²) in [6.07, 6.45) is 0.552. The Balaban J connectivity index is 1.60. The fourth-order valence-electron chi connectivity index (χ4n) is 5.26. The summed E-state index contributed by atoms with van der Waals surface area (Å²) < 4.78 is 5.10. The molecule has 0 saturated carbocycles.